The third-order valence-electron chi connectivity index (χ3n) is 3.62. The van der Waals surface area contributed by atoms with E-state index in [1.807, 2.05) is 18.4 Å². The molecule has 4 heteroatoms. The van der Waals surface area contributed by atoms with E-state index < -0.39 is 0 Å². The lowest BCUT2D eigenvalue weighted by atomic mass is 9.99. The number of aliphatic hydroxyl groups excluding tert-OH is 1. The highest BCUT2D eigenvalue weighted by Crippen LogP contribution is 2.22. The van der Waals surface area contributed by atoms with Crippen LogP contribution in [0.15, 0.2) is 24.3 Å². The molecule has 3 atom stereocenters. The van der Waals surface area contributed by atoms with E-state index in [-0.39, 0.29) is 29.8 Å². The van der Waals surface area contributed by atoms with E-state index in [2.05, 4.69) is 19.2 Å². The molecule has 0 amide bonds. The summed E-state index contributed by atoms with van der Waals surface area (Å²) in [6.45, 7) is 4.43. The number of thioether (sulfide) groups is 1. The van der Waals surface area contributed by atoms with Crippen molar-refractivity contribution >= 4 is 11.8 Å². The van der Waals surface area contributed by atoms with Crippen LogP contribution in [-0.2, 0) is 0 Å². The number of benzene rings is 1. The Morgan fingerprint density at radius 2 is 1.95 bits per heavy atom. The van der Waals surface area contributed by atoms with Crippen LogP contribution in [0.25, 0.3) is 0 Å². The number of nitrogens with one attached hydrogen (secondary N) is 1. The molecule has 20 heavy (non-hydrogen) atoms. The highest BCUT2D eigenvalue weighted by atomic mass is 32.2. The molecule has 0 aliphatic heterocycles. The molecule has 0 saturated carbocycles. The van der Waals surface area contributed by atoms with Crippen LogP contribution >= 0.6 is 11.8 Å². The van der Waals surface area contributed by atoms with Crippen LogP contribution in [0.2, 0.25) is 0 Å². The third-order valence-corrected chi connectivity index (χ3v) is 4.79. The number of halogens is 1. The van der Waals surface area contributed by atoms with E-state index in [0.29, 0.717) is 0 Å². The van der Waals surface area contributed by atoms with Crippen molar-refractivity contribution in [3.8, 4) is 0 Å². The Bertz CT molecular complexity index is 367. The third kappa shape index (κ3) is 5.43. The van der Waals surface area contributed by atoms with Gasteiger partial charge < -0.3 is 10.4 Å². The number of hydrogen-bond acceptors (Lipinski definition) is 3. The van der Waals surface area contributed by atoms with Crippen molar-refractivity contribution in [2.75, 3.05) is 12.9 Å². The zero-order chi connectivity index (χ0) is 15.0. The van der Waals surface area contributed by atoms with Gasteiger partial charge in [0.2, 0.25) is 0 Å². The lowest BCUT2D eigenvalue weighted by molar-refractivity contribution is 0.268. The Morgan fingerprint density at radius 3 is 2.45 bits per heavy atom. The lowest BCUT2D eigenvalue weighted by Crippen LogP contribution is -2.39. The van der Waals surface area contributed by atoms with Gasteiger partial charge in [-0.3, -0.25) is 0 Å². The number of unbranched alkanes of at least 4 members (excludes halogenated alkanes) is 1. The molecule has 1 rings (SSSR count). The van der Waals surface area contributed by atoms with Gasteiger partial charge in [-0.25, -0.2) is 4.39 Å². The highest BCUT2D eigenvalue weighted by molar-refractivity contribution is 7.99. The maximum absolute atomic E-state index is 13.0. The predicted molar refractivity (Wildman–Crippen MR) is 85.7 cm³/mol. The first-order valence-electron chi connectivity index (χ1n) is 7.27. The van der Waals surface area contributed by atoms with Gasteiger partial charge in [0.05, 0.1) is 6.61 Å². The van der Waals surface area contributed by atoms with Gasteiger partial charge in [-0.05, 0) is 37.3 Å². The van der Waals surface area contributed by atoms with Gasteiger partial charge in [0.25, 0.3) is 0 Å². The average Bonchev–Trinajstić information content (AvgIpc) is 2.45. The fourth-order valence-electron chi connectivity index (χ4n) is 2.31. The molecule has 3 unspecified atom stereocenters. The molecule has 114 valence electrons. The molecule has 0 aromatic heterocycles. The quantitative estimate of drug-likeness (QED) is 0.728. The van der Waals surface area contributed by atoms with E-state index in [1.165, 1.54) is 12.1 Å². The van der Waals surface area contributed by atoms with Gasteiger partial charge in [0.15, 0.2) is 0 Å². The molecule has 1 aromatic carbocycles. The molecular formula is C16H26FNOS. The van der Waals surface area contributed by atoms with Crippen LogP contribution < -0.4 is 5.32 Å². The van der Waals surface area contributed by atoms with E-state index in [1.54, 1.807) is 11.8 Å². The van der Waals surface area contributed by atoms with Crippen molar-refractivity contribution in [2.45, 2.75) is 50.4 Å². The summed E-state index contributed by atoms with van der Waals surface area (Å²) in [5.74, 6) is -0.201. The van der Waals surface area contributed by atoms with Crippen molar-refractivity contribution in [3.05, 3.63) is 35.6 Å². The maximum Gasteiger partial charge on any atom is 0.123 e. The zero-order valence-corrected chi connectivity index (χ0v) is 13.4. The van der Waals surface area contributed by atoms with Crippen molar-refractivity contribution in [3.63, 3.8) is 0 Å². The summed E-state index contributed by atoms with van der Waals surface area (Å²) in [6.07, 6.45) is 5.31. The minimum atomic E-state index is -0.201. The number of aliphatic hydroxyl groups is 1. The molecule has 0 aliphatic rings. The van der Waals surface area contributed by atoms with Crippen LogP contribution in [0.3, 0.4) is 0 Å². The summed E-state index contributed by atoms with van der Waals surface area (Å²) in [5, 5.41) is 13.1. The van der Waals surface area contributed by atoms with Gasteiger partial charge in [-0.1, -0.05) is 31.9 Å². The topological polar surface area (TPSA) is 32.3 Å². The molecule has 0 heterocycles. The predicted octanol–water partition coefficient (Wildman–Crippen LogP) is 3.76. The molecule has 1 aromatic rings. The van der Waals surface area contributed by atoms with E-state index >= 15 is 0 Å². The summed E-state index contributed by atoms with van der Waals surface area (Å²) < 4.78 is 13.0. The first kappa shape index (κ1) is 17.5. The molecule has 0 radical (unpaired) electrons. The van der Waals surface area contributed by atoms with E-state index in [9.17, 15) is 9.50 Å². The van der Waals surface area contributed by atoms with Crippen molar-refractivity contribution in [2.24, 2.45) is 0 Å². The van der Waals surface area contributed by atoms with Gasteiger partial charge >= 0.3 is 0 Å². The highest BCUT2D eigenvalue weighted by Gasteiger charge is 2.20. The molecular weight excluding hydrogens is 273 g/mol. The normalized spacial score (nSPS) is 15.8. The fraction of sp³-hybridized carbons (Fsp3) is 0.625. The summed E-state index contributed by atoms with van der Waals surface area (Å²) in [6, 6.07) is 7.15. The van der Waals surface area contributed by atoms with E-state index in [4.69, 9.17) is 0 Å². The Hall–Kier alpha value is -0.580. The summed E-state index contributed by atoms with van der Waals surface area (Å²) >= 11 is 1.67. The SMILES string of the molecule is CCCCC(NC(C)C(CO)SC)c1ccc(F)cc1. The standard InChI is InChI=1S/C16H26FNOS/c1-4-5-6-15(13-7-9-14(17)10-8-13)18-12(2)16(11-19)20-3/h7-10,12,15-16,18-19H,4-6,11H2,1-3H3. The van der Waals surface area contributed by atoms with Crippen molar-refractivity contribution in [1.29, 1.82) is 0 Å². The molecule has 2 nitrogen and oxygen atoms in total. The maximum atomic E-state index is 13.0. The van der Waals surface area contributed by atoms with Crippen LogP contribution in [0.1, 0.15) is 44.7 Å². The van der Waals surface area contributed by atoms with Gasteiger partial charge in [-0.15, -0.1) is 0 Å². The van der Waals surface area contributed by atoms with E-state index in [0.717, 1.165) is 24.8 Å². The molecule has 0 aliphatic carbocycles. The Morgan fingerprint density at radius 1 is 1.30 bits per heavy atom. The summed E-state index contributed by atoms with van der Waals surface area (Å²) in [4.78, 5) is 0. The number of hydrogen-bond donors (Lipinski definition) is 2. The van der Waals surface area contributed by atoms with Crippen molar-refractivity contribution in [1.82, 2.24) is 5.32 Å². The minimum Gasteiger partial charge on any atom is -0.395 e. The van der Waals surface area contributed by atoms with Crippen LogP contribution in [0, 0.1) is 5.82 Å². The molecule has 0 bridgehead atoms. The minimum absolute atomic E-state index is 0.166. The van der Waals surface area contributed by atoms with Gasteiger partial charge in [0.1, 0.15) is 5.82 Å². The van der Waals surface area contributed by atoms with Crippen LogP contribution in [0.4, 0.5) is 4.39 Å². The number of rotatable bonds is 9. The van der Waals surface area contributed by atoms with Crippen molar-refractivity contribution < 1.29 is 9.50 Å². The zero-order valence-electron chi connectivity index (χ0n) is 12.6. The first-order valence-corrected chi connectivity index (χ1v) is 8.56. The monoisotopic (exact) mass is 299 g/mol. The smallest absolute Gasteiger partial charge is 0.123 e. The largest absolute Gasteiger partial charge is 0.395 e. The molecule has 0 saturated heterocycles. The summed E-state index contributed by atoms with van der Waals surface area (Å²) in [7, 11) is 0. The Labute approximate surface area is 126 Å². The van der Waals surface area contributed by atoms with Gasteiger partial charge in [0, 0.05) is 17.3 Å². The molecule has 2 N–H and O–H groups in total. The van der Waals surface area contributed by atoms with Crippen LogP contribution in [0.5, 0.6) is 0 Å². The second kappa shape index (κ2) is 9.37. The first-order chi connectivity index (χ1) is 9.62. The van der Waals surface area contributed by atoms with Gasteiger partial charge in [-0.2, -0.15) is 11.8 Å². The molecule has 0 fully saturated rings. The second-order valence-corrected chi connectivity index (χ2v) is 6.24. The van der Waals surface area contributed by atoms with Crippen LogP contribution in [-0.4, -0.2) is 29.3 Å². The summed E-state index contributed by atoms with van der Waals surface area (Å²) in [5.41, 5.74) is 1.12. The molecule has 0 spiro atoms. The second-order valence-electron chi connectivity index (χ2n) is 5.16. The fourth-order valence-corrected chi connectivity index (χ4v) is 2.95. The lowest BCUT2D eigenvalue weighted by Gasteiger charge is -2.28. The Kier molecular flexibility index (Phi) is 8.19. The Balaban J connectivity index is 2.75. The average molecular weight is 299 g/mol.